The first-order valence-corrected chi connectivity index (χ1v) is 10.9. The fraction of sp³-hybridized carbons (Fsp3) is 1.00. The highest BCUT2D eigenvalue weighted by Gasteiger charge is 2.44. The lowest BCUT2D eigenvalue weighted by Crippen LogP contribution is -2.65. The maximum atomic E-state index is 12.5. The Morgan fingerprint density at radius 1 is 1.00 bits per heavy atom. The fourth-order valence-electron chi connectivity index (χ4n) is 3.28. The molecular weight excluding hydrogens is 314 g/mol. The van der Waals surface area contributed by atoms with Crippen molar-refractivity contribution in [2.75, 3.05) is 50.8 Å². The molecule has 3 saturated heterocycles. The predicted molar refractivity (Wildman–Crippen MR) is 80.4 cm³/mol. The highest BCUT2D eigenvalue weighted by molar-refractivity contribution is 7.92. The number of sulfonamides is 1. The third-order valence-corrected chi connectivity index (χ3v) is 8.83. The van der Waals surface area contributed by atoms with Gasteiger partial charge in [0, 0.05) is 45.3 Å². The topological polar surface area (TPSA) is 86.8 Å². The molecule has 3 fully saturated rings. The molecule has 1 N–H and O–H groups in total. The standard InChI is InChI=1S/C12H23N3O4S2/c16-20(17)7-1-12(2-8-20)21(18,19)15-9-11(10-15)14-5-3-13-4-6-14/h11-13H,1-10H2. The summed E-state index contributed by atoms with van der Waals surface area (Å²) in [5, 5.41) is 2.78. The first kappa shape index (κ1) is 15.7. The second-order valence-corrected chi connectivity index (χ2v) is 10.7. The molecule has 0 unspecified atom stereocenters. The van der Waals surface area contributed by atoms with Crippen molar-refractivity contribution in [1.82, 2.24) is 14.5 Å². The summed E-state index contributed by atoms with van der Waals surface area (Å²) in [7, 11) is -6.34. The molecule has 0 aromatic rings. The highest BCUT2D eigenvalue weighted by atomic mass is 32.2. The quantitative estimate of drug-likeness (QED) is 0.673. The molecule has 3 heterocycles. The van der Waals surface area contributed by atoms with E-state index in [9.17, 15) is 16.8 Å². The normalized spacial score (nSPS) is 30.1. The zero-order valence-corrected chi connectivity index (χ0v) is 13.7. The van der Waals surface area contributed by atoms with Crippen LogP contribution in [0.4, 0.5) is 0 Å². The summed E-state index contributed by atoms with van der Waals surface area (Å²) in [5.41, 5.74) is 0. The number of hydrogen-bond donors (Lipinski definition) is 1. The smallest absolute Gasteiger partial charge is 0.217 e. The van der Waals surface area contributed by atoms with Crippen LogP contribution in [0.25, 0.3) is 0 Å². The molecular formula is C12H23N3O4S2. The van der Waals surface area contributed by atoms with Crippen LogP contribution in [0, 0.1) is 0 Å². The monoisotopic (exact) mass is 337 g/mol. The molecule has 3 aliphatic heterocycles. The first-order valence-electron chi connectivity index (χ1n) is 7.53. The van der Waals surface area contributed by atoms with Crippen molar-refractivity contribution in [3.8, 4) is 0 Å². The van der Waals surface area contributed by atoms with E-state index in [1.165, 1.54) is 0 Å². The van der Waals surface area contributed by atoms with Crippen molar-refractivity contribution in [2.24, 2.45) is 0 Å². The van der Waals surface area contributed by atoms with Gasteiger partial charge in [0.25, 0.3) is 0 Å². The molecule has 0 saturated carbocycles. The molecule has 3 rings (SSSR count). The van der Waals surface area contributed by atoms with Crippen molar-refractivity contribution in [1.29, 1.82) is 0 Å². The Hall–Kier alpha value is -0.220. The second-order valence-electron chi connectivity index (χ2n) is 6.15. The lowest BCUT2D eigenvalue weighted by atomic mass is 10.1. The Kier molecular flexibility index (Phi) is 4.30. The van der Waals surface area contributed by atoms with Crippen LogP contribution in [-0.4, -0.2) is 88.1 Å². The van der Waals surface area contributed by atoms with Crippen molar-refractivity contribution in [2.45, 2.75) is 24.1 Å². The maximum absolute atomic E-state index is 12.5. The molecule has 0 amide bonds. The summed E-state index contributed by atoms with van der Waals surface area (Å²) in [6, 6.07) is 0.328. The van der Waals surface area contributed by atoms with Crippen molar-refractivity contribution in [3.63, 3.8) is 0 Å². The van der Waals surface area contributed by atoms with Gasteiger partial charge in [-0.3, -0.25) is 4.90 Å². The molecule has 0 bridgehead atoms. The first-order chi connectivity index (χ1) is 9.88. The average Bonchev–Trinajstić information content (AvgIpc) is 2.37. The van der Waals surface area contributed by atoms with Crippen LogP contribution in [0.15, 0.2) is 0 Å². The van der Waals surface area contributed by atoms with E-state index in [-0.39, 0.29) is 24.3 Å². The van der Waals surface area contributed by atoms with Crippen LogP contribution in [-0.2, 0) is 19.9 Å². The van der Waals surface area contributed by atoms with Gasteiger partial charge in [-0.15, -0.1) is 0 Å². The van der Waals surface area contributed by atoms with Crippen molar-refractivity contribution < 1.29 is 16.8 Å². The number of rotatable bonds is 3. The number of nitrogens with one attached hydrogen (secondary N) is 1. The minimum absolute atomic E-state index is 0.00591. The Balaban J connectivity index is 1.55. The van der Waals surface area contributed by atoms with Gasteiger partial charge in [0.15, 0.2) is 0 Å². The summed E-state index contributed by atoms with van der Waals surface area (Å²) < 4.78 is 49.4. The Bertz CT molecular complexity index is 564. The van der Waals surface area contributed by atoms with E-state index >= 15 is 0 Å². The molecule has 21 heavy (non-hydrogen) atoms. The third kappa shape index (κ3) is 3.26. The largest absolute Gasteiger partial charge is 0.314 e. The molecule has 3 aliphatic rings. The number of piperazine rings is 1. The molecule has 0 radical (unpaired) electrons. The molecule has 0 spiro atoms. The van der Waals surface area contributed by atoms with E-state index < -0.39 is 25.1 Å². The second kappa shape index (κ2) is 5.77. The number of sulfone groups is 1. The Labute approximate surface area is 126 Å². The van der Waals surface area contributed by atoms with Gasteiger partial charge in [-0.25, -0.2) is 16.8 Å². The van der Waals surface area contributed by atoms with Gasteiger partial charge in [-0.05, 0) is 12.8 Å². The SMILES string of the molecule is O=S1(=O)CCC(S(=O)(=O)N2CC(N3CCNCC3)C2)CC1. The summed E-state index contributed by atoms with van der Waals surface area (Å²) >= 11 is 0. The van der Waals surface area contributed by atoms with Gasteiger partial charge in [0.1, 0.15) is 9.84 Å². The Morgan fingerprint density at radius 3 is 2.14 bits per heavy atom. The molecule has 122 valence electrons. The summed E-state index contributed by atoms with van der Waals surface area (Å²) in [6.45, 7) is 4.99. The van der Waals surface area contributed by atoms with E-state index in [0.29, 0.717) is 19.1 Å². The van der Waals surface area contributed by atoms with Crippen LogP contribution >= 0.6 is 0 Å². The summed E-state index contributed by atoms with van der Waals surface area (Å²) in [6.07, 6.45) is 0.499. The van der Waals surface area contributed by atoms with E-state index in [1.54, 1.807) is 4.31 Å². The molecule has 0 aromatic carbocycles. The van der Waals surface area contributed by atoms with Crippen molar-refractivity contribution >= 4 is 19.9 Å². The van der Waals surface area contributed by atoms with E-state index in [4.69, 9.17) is 0 Å². The lowest BCUT2D eigenvalue weighted by Gasteiger charge is -2.47. The number of nitrogens with zero attached hydrogens (tertiary/aromatic N) is 2. The Morgan fingerprint density at radius 2 is 1.57 bits per heavy atom. The molecule has 0 atom stereocenters. The van der Waals surface area contributed by atoms with Gasteiger partial charge < -0.3 is 5.32 Å². The zero-order chi connectivity index (χ0) is 15.1. The molecule has 7 nitrogen and oxygen atoms in total. The molecule has 9 heteroatoms. The average molecular weight is 337 g/mol. The van der Waals surface area contributed by atoms with Gasteiger partial charge in [0.05, 0.1) is 16.8 Å². The van der Waals surface area contributed by atoms with Crippen LogP contribution in [0.1, 0.15) is 12.8 Å². The molecule has 0 aromatic heterocycles. The van der Waals surface area contributed by atoms with Gasteiger partial charge in [-0.2, -0.15) is 4.31 Å². The molecule has 0 aliphatic carbocycles. The third-order valence-electron chi connectivity index (χ3n) is 4.78. The fourth-order valence-corrected chi connectivity index (χ4v) is 7.08. The van der Waals surface area contributed by atoms with Crippen LogP contribution in [0.3, 0.4) is 0 Å². The number of hydrogen-bond acceptors (Lipinski definition) is 6. The maximum Gasteiger partial charge on any atom is 0.217 e. The predicted octanol–water partition coefficient (Wildman–Crippen LogP) is -1.52. The van der Waals surface area contributed by atoms with Crippen LogP contribution in [0.2, 0.25) is 0 Å². The van der Waals surface area contributed by atoms with E-state index in [2.05, 4.69) is 10.2 Å². The van der Waals surface area contributed by atoms with E-state index in [0.717, 1.165) is 26.2 Å². The van der Waals surface area contributed by atoms with Gasteiger partial charge in [-0.1, -0.05) is 0 Å². The van der Waals surface area contributed by atoms with Gasteiger partial charge in [0.2, 0.25) is 10.0 Å². The van der Waals surface area contributed by atoms with E-state index in [1.807, 2.05) is 0 Å². The summed E-state index contributed by atoms with van der Waals surface area (Å²) in [5.74, 6) is 0.0118. The lowest BCUT2D eigenvalue weighted by molar-refractivity contribution is 0.0766. The van der Waals surface area contributed by atoms with Gasteiger partial charge >= 0.3 is 0 Å². The van der Waals surface area contributed by atoms with Crippen molar-refractivity contribution in [3.05, 3.63) is 0 Å². The minimum atomic E-state index is -3.32. The van der Waals surface area contributed by atoms with Crippen LogP contribution in [0.5, 0.6) is 0 Å². The minimum Gasteiger partial charge on any atom is -0.314 e. The van der Waals surface area contributed by atoms with Crippen LogP contribution < -0.4 is 5.32 Å². The zero-order valence-electron chi connectivity index (χ0n) is 12.1. The highest BCUT2D eigenvalue weighted by Crippen LogP contribution is 2.27. The summed E-state index contributed by atoms with van der Waals surface area (Å²) in [4.78, 5) is 2.34.